The van der Waals surface area contributed by atoms with Gasteiger partial charge in [-0.15, -0.1) is 0 Å². The number of carbonyl (C=O) groups excluding carboxylic acids is 2. The summed E-state index contributed by atoms with van der Waals surface area (Å²) in [6, 6.07) is 16.9. The van der Waals surface area contributed by atoms with Gasteiger partial charge in [0.15, 0.2) is 11.5 Å². The van der Waals surface area contributed by atoms with Gasteiger partial charge in [0.25, 0.3) is 5.91 Å². The third-order valence-corrected chi connectivity index (χ3v) is 6.64. The minimum atomic E-state index is -0.125. The molecule has 192 valence electrons. The molecular formula is C29H31N3O5. The lowest BCUT2D eigenvalue weighted by Gasteiger charge is -2.25. The molecule has 0 bridgehead atoms. The van der Waals surface area contributed by atoms with E-state index in [1.807, 2.05) is 48.5 Å². The zero-order valence-electron chi connectivity index (χ0n) is 21.0. The van der Waals surface area contributed by atoms with Crippen LogP contribution in [-0.4, -0.2) is 54.7 Å². The van der Waals surface area contributed by atoms with Crippen molar-refractivity contribution in [1.29, 1.82) is 0 Å². The minimum absolute atomic E-state index is 0.0122. The highest BCUT2D eigenvalue weighted by atomic mass is 16.6. The number of methoxy groups -OCH3 is 1. The predicted molar refractivity (Wildman–Crippen MR) is 139 cm³/mol. The van der Waals surface area contributed by atoms with E-state index in [9.17, 15) is 9.59 Å². The number of benzene rings is 2. The topological polar surface area (TPSA) is 81.2 Å². The lowest BCUT2D eigenvalue weighted by Crippen LogP contribution is -2.30. The van der Waals surface area contributed by atoms with Crippen molar-refractivity contribution in [3.05, 3.63) is 83.7 Å². The number of anilines is 1. The highest BCUT2D eigenvalue weighted by Crippen LogP contribution is 2.31. The number of carbonyl (C=O) groups is 2. The van der Waals surface area contributed by atoms with E-state index < -0.39 is 0 Å². The van der Waals surface area contributed by atoms with Crippen molar-refractivity contribution >= 4 is 17.5 Å². The van der Waals surface area contributed by atoms with Crippen LogP contribution in [0.4, 0.5) is 5.69 Å². The van der Waals surface area contributed by atoms with Crippen LogP contribution in [-0.2, 0) is 22.6 Å². The SMILES string of the molecule is COc1cc(CN(Cc2cccnc2)C(=O)c2cccc(N3CCCC3=O)c2)ccc1O[C@@H]1CCOC1. The molecule has 0 N–H and O–H groups in total. The normalized spacial score (nSPS) is 17.2. The Bertz CT molecular complexity index is 1240. The van der Waals surface area contributed by atoms with Gasteiger partial charge in [0.2, 0.25) is 5.91 Å². The number of aromatic nitrogens is 1. The molecule has 0 spiro atoms. The maximum Gasteiger partial charge on any atom is 0.254 e. The lowest BCUT2D eigenvalue weighted by atomic mass is 10.1. The number of rotatable bonds is 9. The van der Waals surface area contributed by atoms with Gasteiger partial charge >= 0.3 is 0 Å². The number of amides is 2. The fourth-order valence-corrected chi connectivity index (χ4v) is 4.74. The van der Waals surface area contributed by atoms with E-state index in [0.29, 0.717) is 56.3 Å². The van der Waals surface area contributed by atoms with Gasteiger partial charge in [0, 0.05) is 56.1 Å². The number of pyridine rings is 1. The zero-order valence-corrected chi connectivity index (χ0v) is 21.0. The third-order valence-electron chi connectivity index (χ3n) is 6.64. The van der Waals surface area contributed by atoms with E-state index in [-0.39, 0.29) is 17.9 Å². The molecule has 2 fully saturated rings. The first-order chi connectivity index (χ1) is 18.1. The Kier molecular flexibility index (Phi) is 7.65. The summed E-state index contributed by atoms with van der Waals surface area (Å²) in [5, 5.41) is 0. The standard InChI is InChI=1S/C29H31N3O5/c1-35-27-15-21(9-10-26(27)37-25-11-14-36-20-25)18-31(19-22-5-3-12-30-17-22)29(34)23-6-2-7-24(16-23)32-13-4-8-28(32)33/h2-3,5-7,9-10,12,15-17,25H,4,8,11,13-14,18-20H2,1H3/t25-/m1/s1. The van der Waals surface area contributed by atoms with Crippen molar-refractivity contribution in [1.82, 2.24) is 9.88 Å². The predicted octanol–water partition coefficient (Wildman–Crippen LogP) is 4.23. The molecule has 0 radical (unpaired) electrons. The number of nitrogens with zero attached hydrogens (tertiary/aromatic N) is 3. The van der Waals surface area contributed by atoms with Crippen molar-refractivity contribution < 1.29 is 23.8 Å². The average Bonchev–Trinajstić information content (AvgIpc) is 3.61. The summed E-state index contributed by atoms with van der Waals surface area (Å²) in [6.07, 6.45) is 5.71. The lowest BCUT2D eigenvalue weighted by molar-refractivity contribution is -0.117. The van der Waals surface area contributed by atoms with Crippen molar-refractivity contribution in [3.8, 4) is 11.5 Å². The van der Waals surface area contributed by atoms with Gasteiger partial charge < -0.3 is 24.0 Å². The second-order valence-electron chi connectivity index (χ2n) is 9.31. The fraction of sp³-hybridized carbons (Fsp3) is 0.345. The van der Waals surface area contributed by atoms with Crippen molar-refractivity contribution in [2.75, 3.05) is 31.8 Å². The molecule has 2 saturated heterocycles. The molecule has 2 aliphatic rings. The second kappa shape index (κ2) is 11.4. The Morgan fingerprint density at radius 1 is 1.11 bits per heavy atom. The van der Waals surface area contributed by atoms with E-state index in [1.54, 1.807) is 35.4 Å². The molecule has 3 heterocycles. The molecule has 8 heteroatoms. The van der Waals surface area contributed by atoms with Crippen LogP contribution < -0.4 is 14.4 Å². The number of hydrogen-bond acceptors (Lipinski definition) is 6. The first kappa shape index (κ1) is 24.8. The highest BCUT2D eigenvalue weighted by Gasteiger charge is 2.24. The monoisotopic (exact) mass is 501 g/mol. The Labute approximate surface area is 216 Å². The molecule has 1 aromatic heterocycles. The van der Waals surface area contributed by atoms with Gasteiger partial charge in [-0.2, -0.15) is 0 Å². The van der Waals surface area contributed by atoms with Crippen LogP contribution in [0.3, 0.4) is 0 Å². The van der Waals surface area contributed by atoms with Crippen LogP contribution in [0.5, 0.6) is 11.5 Å². The van der Waals surface area contributed by atoms with E-state index >= 15 is 0 Å². The summed E-state index contributed by atoms with van der Waals surface area (Å²) < 4.78 is 17.1. The number of ether oxygens (including phenoxy) is 3. The largest absolute Gasteiger partial charge is 0.493 e. The molecule has 5 rings (SSSR count). The van der Waals surface area contributed by atoms with Crippen LogP contribution in [0.1, 0.15) is 40.7 Å². The van der Waals surface area contributed by atoms with Gasteiger partial charge in [-0.25, -0.2) is 0 Å². The molecule has 0 aliphatic carbocycles. The Hall–Kier alpha value is -3.91. The molecular weight excluding hydrogens is 470 g/mol. The maximum atomic E-state index is 13.8. The first-order valence-electron chi connectivity index (χ1n) is 12.6. The summed E-state index contributed by atoms with van der Waals surface area (Å²) in [5.74, 6) is 1.25. The van der Waals surface area contributed by atoms with Crippen molar-refractivity contribution in [2.24, 2.45) is 0 Å². The van der Waals surface area contributed by atoms with E-state index in [1.165, 1.54) is 0 Å². The molecule has 2 aliphatic heterocycles. The van der Waals surface area contributed by atoms with Crippen LogP contribution in [0.25, 0.3) is 0 Å². The average molecular weight is 502 g/mol. The summed E-state index contributed by atoms with van der Waals surface area (Å²) in [6.45, 7) is 2.70. The first-order valence-corrected chi connectivity index (χ1v) is 12.6. The van der Waals surface area contributed by atoms with Crippen LogP contribution >= 0.6 is 0 Å². The number of hydrogen-bond donors (Lipinski definition) is 0. The van der Waals surface area contributed by atoms with Gasteiger partial charge in [-0.3, -0.25) is 14.6 Å². The highest BCUT2D eigenvalue weighted by molar-refractivity contribution is 5.99. The van der Waals surface area contributed by atoms with Crippen LogP contribution in [0.2, 0.25) is 0 Å². The zero-order chi connectivity index (χ0) is 25.6. The third kappa shape index (κ3) is 5.91. The molecule has 2 amide bonds. The molecule has 8 nitrogen and oxygen atoms in total. The van der Waals surface area contributed by atoms with Crippen molar-refractivity contribution in [3.63, 3.8) is 0 Å². The molecule has 0 saturated carbocycles. The molecule has 37 heavy (non-hydrogen) atoms. The van der Waals surface area contributed by atoms with Crippen molar-refractivity contribution in [2.45, 2.75) is 38.5 Å². The second-order valence-corrected chi connectivity index (χ2v) is 9.31. The quantitative estimate of drug-likeness (QED) is 0.437. The van der Waals surface area contributed by atoms with Gasteiger partial charge in [0.1, 0.15) is 6.10 Å². The maximum absolute atomic E-state index is 13.8. The van der Waals surface area contributed by atoms with Gasteiger partial charge in [0.05, 0.1) is 20.3 Å². The minimum Gasteiger partial charge on any atom is -0.493 e. The van der Waals surface area contributed by atoms with Crippen LogP contribution in [0, 0.1) is 0 Å². The molecule has 1 atom stereocenters. The fourth-order valence-electron chi connectivity index (χ4n) is 4.74. The van der Waals surface area contributed by atoms with Gasteiger partial charge in [-0.05, 0) is 53.9 Å². The summed E-state index contributed by atoms with van der Waals surface area (Å²) in [4.78, 5) is 33.8. The summed E-state index contributed by atoms with van der Waals surface area (Å²) in [7, 11) is 1.61. The van der Waals surface area contributed by atoms with E-state index in [0.717, 1.165) is 29.7 Å². The van der Waals surface area contributed by atoms with Gasteiger partial charge in [-0.1, -0.05) is 18.2 Å². The molecule has 3 aromatic rings. The Morgan fingerprint density at radius 3 is 2.73 bits per heavy atom. The Morgan fingerprint density at radius 2 is 2.00 bits per heavy atom. The smallest absolute Gasteiger partial charge is 0.254 e. The Balaban J connectivity index is 1.39. The summed E-state index contributed by atoms with van der Waals surface area (Å²) in [5.41, 5.74) is 3.13. The summed E-state index contributed by atoms with van der Waals surface area (Å²) >= 11 is 0. The molecule has 2 aromatic carbocycles. The van der Waals surface area contributed by atoms with E-state index in [2.05, 4.69) is 4.98 Å². The van der Waals surface area contributed by atoms with Crippen LogP contribution in [0.15, 0.2) is 67.0 Å². The molecule has 0 unspecified atom stereocenters. The van der Waals surface area contributed by atoms with E-state index in [4.69, 9.17) is 14.2 Å².